The molecule has 2 aromatic carbocycles. The molecule has 0 aliphatic heterocycles. The molecule has 0 aliphatic carbocycles. The Bertz CT molecular complexity index is 888. The Balaban J connectivity index is 1.56. The van der Waals surface area contributed by atoms with Crippen molar-refractivity contribution in [3.05, 3.63) is 65.7 Å². The predicted molar refractivity (Wildman–Crippen MR) is 110 cm³/mol. The fourth-order valence-corrected chi connectivity index (χ4v) is 2.78. The van der Waals surface area contributed by atoms with Gasteiger partial charge in [-0.25, -0.2) is 0 Å². The third kappa shape index (κ3) is 6.07. The molecular formula is C23H27NO5. The van der Waals surface area contributed by atoms with Crippen LogP contribution in [0.4, 0.5) is 0 Å². The van der Waals surface area contributed by atoms with Crippen LogP contribution in [0.3, 0.4) is 0 Å². The molecule has 154 valence electrons. The standard InChI is InChI=1S/C23H27NO5/c1-16(2)28-21-7-5-6-20(12-21)17(3)26-14-18-8-10-19(11-9-18)22-13-23(24-29-22)27-15-25-4/h5-13,16-17H,14-15H2,1-4H3. The maximum Gasteiger partial charge on any atom is 0.256 e. The van der Waals surface area contributed by atoms with E-state index in [1.165, 1.54) is 0 Å². The summed E-state index contributed by atoms with van der Waals surface area (Å²) in [5, 5.41) is 3.86. The molecule has 3 aromatic rings. The van der Waals surface area contributed by atoms with E-state index >= 15 is 0 Å². The first-order chi connectivity index (χ1) is 14.0. The molecule has 0 saturated carbocycles. The molecule has 3 rings (SSSR count). The number of hydrogen-bond acceptors (Lipinski definition) is 6. The zero-order valence-electron chi connectivity index (χ0n) is 17.3. The highest BCUT2D eigenvalue weighted by molar-refractivity contribution is 5.58. The van der Waals surface area contributed by atoms with Gasteiger partial charge in [0.15, 0.2) is 12.6 Å². The number of aromatic nitrogens is 1. The van der Waals surface area contributed by atoms with Crippen LogP contribution in [0, 0.1) is 0 Å². The first-order valence-corrected chi connectivity index (χ1v) is 9.61. The van der Waals surface area contributed by atoms with Crippen LogP contribution in [0.5, 0.6) is 11.6 Å². The molecule has 0 bridgehead atoms. The van der Waals surface area contributed by atoms with Gasteiger partial charge in [-0.1, -0.05) is 36.4 Å². The monoisotopic (exact) mass is 397 g/mol. The Hall–Kier alpha value is -2.83. The Morgan fingerprint density at radius 2 is 1.79 bits per heavy atom. The van der Waals surface area contributed by atoms with Crippen LogP contribution in [0.25, 0.3) is 11.3 Å². The van der Waals surface area contributed by atoms with Crippen LogP contribution in [0.15, 0.2) is 59.1 Å². The molecule has 0 fully saturated rings. The highest BCUT2D eigenvalue weighted by atomic mass is 16.7. The Morgan fingerprint density at radius 1 is 1.00 bits per heavy atom. The van der Waals surface area contributed by atoms with Crippen molar-refractivity contribution in [1.29, 1.82) is 0 Å². The van der Waals surface area contributed by atoms with Crippen LogP contribution in [0.1, 0.15) is 38.0 Å². The van der Waals surface area contributed by atoms with E-state index in [1.807, 2.05) is 69.3 Å². The lowest BCUT2D eigenvalue weighted by Gasteiger charge is -2.16. The molecule has 29 heavy (non-hydrogen) atoms. The van der Waals surface area contributed by atoms with Gasteiger partial charge in [-0.15, -0.1) is 0 Å². The topological polar surface area (TPSA) is 63.0 Å². The summed E-state index contributed by atoms with van der Waals surface area (Å²) in [6, 6.07) is 17.7. The first kappa shape index (κ1) is 20.9. The molecule has 1 aromatic heterocycles. The Kier molecular flexibility index (Phi) is 7.27. The molecule has 0 saturated heterocycles. The first-order valence-electron chi connectivity index (χ1n) is 9.61. The Labute approximate surface area is 171 Å². The largest absolute Gasteiger partial charge is 0.491 e. The highest BCUT2D eigenvalue weighted by Gasteiger charge is 2.10. The molecule has 1 atom stereocenters. The van der Waals surface area contributed by atoms with E-state index in [0.717, 1.165) is 22.4 Å². The summed E-state index contributed by atoms with van der Waals surface area (Å²) in [7, 11) is 1.55. The van der Waals surface area contributed by atoms with Crippen molar-refractivity contribution in [2.75, 3.05) is 13.9 Å². The lowest BCUT2D eigenvalue weighted by molar-refractivity contribution is 0.0453. The van der Waals surface area contributed by atoms with Crippen LogP contribution in [-0.2, 0) is 16.1 Å². The van der Waals surface area contributed by atoms with Gasteiger partial charge in [0, 0.05) is 18.7 Å². The zero-order chi connectivity index (χ0) is 20.6. The second-order valence-corrected chi connectivity index (χ2v) is 6.97. The number of hydrogen-bond donors (Lipinski definition) is 0. The lowest BCUT2D eigenvalue weighted by Crippen LogP contribution is -2.06. The second-order valence-electron chi connectivity index (χ2n) is 6.97. The molecule has 0 amide bonds. The summed E-state index contributed by atoms with van der Waals surface area (Å²) >= 11 is 0. The fourth-order valence-electron chi connectivity index (χ4n) is 2.78. The number of ether oxygens (including phenoxy) is 4. The van der Waals surface area contributed by atoms with Gasteiger partial charge in [0.2, 0.25) is 0 Å². The maximum atomic E-state index is 6.04. The fraction of sp³-hybridized carbons (Fsp3) is 0.348. The minimum Gasteiger partial charge on any atom is -0.491 e. The normalized spacial score (nSPS) is 12.2. The minimum absolute atomic E-state index is 0.0415. The average Bonchev–Trinajstić information content (AvgIpc) is 3.19. The third-order valence-corrected chi connectivity index (χ3v) is 4.25. The highest BCUT2D eigenvalue weighted by Crippen LogP contribution is 2.26. The molecule has 0 spiro atoms. The van der Waals surface area contributed by atoms with Crippen LogP contribution in [0.2, 0.25) is 0 Å². The second kappa shape index (κ2) is 10.1. The number of methoxy groups -OCH3 is 1. The minimum atomic E-state index is -0.0415. The van der Waals surface area contributed by atoms with Gasteiger partial charge in [-0.3, -0.25) is 0 Å². The van der Waals surface area contributed by atoms with Gasteiger partial charge >= 0.3 is 0 Å². The zero-order valence-corrected chi connectivity index (χ0v) is 17.3. The molecule has 1 heterocycles. The molecule has 6 heteroatoms. The number of nitrogens with zero attached hydrogens (tertiary/aromatic N) is 1. The quantitative estimate of drug-likeness (QED) is 0.428. The third-order valence-electron chi connectivity index (χ3n) is 4.25. The summed E-state index contributed by atoms with van der Waals surface area (Å²) in [5.41, 5.74) is 3.08. The molecule has 0 N–H and O–H groups in total. The van der Waals surface area contributed by atoms with Crippen LogP contribution >= 0.6 is 0 Å². The van der Waals surface area contributed by atoms with Gasteiger partial charge in [0.05, 0.1) is 18.8 Å². The van der Waals surface area contributed by atoms with E-state index in [2.05, 4.69) is 5.16 Å². The smallest absolute Gasteiger partial charge is 0.256 e. The number of benzene rings is 2. The lowest BCUT2D eigenvalue weighted by atomic mass is 10.1. The van der Waals surface area contributed by atoms with Crippen molar-refractivity contribution < 1.29 is 23.5 Å². The van der Waals surface area contributed by atoms with E-state index in [1.54, 1.807) is 13.2 Å². The molecule has 1 unspecified atom stereocenters. The molecular weight excluding hydrogens is 370 g/mol. The van der Waals surface area contributed by atoms with Gasteiger partial charge in [-0.2, -0.15) is 0 Å². The predicted octanol–water partition coefficient (Wildman–Crippen LogP) is 5.39. The van der Waals surface area contributed by atoms with Crippen molar-refractivity contribution in [1.82, 2.24) is 5.16 Å². The summed E-state index contributed by atoms with van der Waals surface area (Å²) in [5.74, 6) is 1.89. The van der Waals surface area contributed by atoms with E-state index in [9.17, 15) is 0 Å². The summed E-state index contributed by atoms with van der Waals surface area (Å²) in [6.45, 7) is 6.71. The van der Waals surface area contributed by atoms with Crippen LogP contribution in [-0.4, -0.2) is 25.2 Å². The maximum absolute atomic E-state index is 6.04. The van der Waals surface area contributed by atoms with Crippen LogP contribution < -0.4 is 9.47 Å². The van der Waals surface area contributed by atoms with Crippen molar-refractivity contribution in [3.63, 3.8) is 0 Å². The SMILES string of the molecule is COCOc1cc(-c2ccc(COC(C)c3cccc(OC(C)C)c3)cc2)on1. The summed E-state index contributed by atoms with van der Waals surface area (Å²) in [4.78, 5) is 0. The molecule has 0 radical (unpaired) electrons. The van der Waals surface area contributed by atoms with E-state index in [0.29, 0.717) is 18.2 Å². The molecule has 0 aliphatic rings. The van der Waals surface area contributed by atoms with Crippen molar-refractivity contribution in [3.8, 4) is 23.0 Å². The molecule has 6 nitrogen and oxygen atoms in total. The van der Waals surface area contributed by atoms with Crippen molar-refractivity contribution in [2.45, 2.75) is 39.6 Å². The van der Waals surface area contributed by atoms with Crippen molar-refractivity contribution in [2.24, 2.45) is 0 Å². The van der Waals surface area contributed by atoms with E-state index < -0.39 is 0 Å². The van der Waals surface area contributed by atoms with E-state index in [-0.39, 0.29) is 19.0 Å². The summed E-state index contributed by atoms with van der Waals surface area (Å²) in [6.07, 6.45) is 0.104. The van der Waals surface area contributed by atoms with Gasteiger partial charge in [0.1, 0.15) is 5.75 Å². The van der Waals surface area contributed by atoms with Gasteiger partial charge < -0.3 is 23.5 Å². The van der Waals surface area contributed by atoms with E-state index in [4.69, 9.17) is 23.5 Å². The van der Waals surface area contributed by atoms with Crippen molar-refractivity contribution >= 4 is 0 Å². The Morgan fingerprint density at radius 3 is 2.52 bits per heavy atom. The van der Waals surface area contributed by atoms with Gasteiger partial charge in [-0.05, 0) is 49.2 Å². The average molecular weight is 397 g/mol. The number of rotatable bonds is 10. The summed E-state index contributed by atoms with van der Waals surface area (Å²) < 4.78 is 27.2. The van der Waals surface area contributed by atoms with Gasteiger partial charge in [0.25, 0.3) is 5.88 Å².